The van der Waals surface area contributed by atoms with E-state index in [0.717, 1.165) is 48.9 Å². The standard InChI is InChI=1S/C27H29NO5S2/c1-19-25(21-7-3-2-4-8-21)27(19,26(29)30)18-35(31,32)24-11-10-23(34-24)22-9-5-6-20(16-22)17-28-12-14-33-15-13-28/h2-11,16,19,25H,12-15,17-18H2,1H3,(H,29,30)/t19-,25+,27+/m0/s1. The second-order valence-corrected chi connectivity index (χ2v) is 12.8. The molecule has 2 aromatic carbocycles. The van der Waals surface area contributed by atoms with Crippen LogP contribution in [0.2, 0.25) is 0 Å². The molecular formula is C27H29NO5S2. The molecule has 5 rings (SSSR count). The number of carbonyl (C=O) groups is 1. The maximum Gasteiger partial charge on any atom is 0.311 e. The van der Waals surface area contributed by atoms with Crippen molar-refractivity contribution >= 4 is 27.1 Å². The monoisotopic (exact) mass is 511 g/mol. The van der Waals surface area contributed by atoms with Gasteiger partial charge in [-0.05, 0) is 40.8 Å². The van der Waals surface area contributed by atoms with Gasteiger partial charge in [-0.1, -0.05) is 55.5 Å². The van der Waals surface area contributed by atoms with Gasteiger partial charge in [-0.25, -0.2) is 8.42 Å². The van der Waals surface area contributed by atoms with Gasteiger partial charge in [0.25, 0.3) is 0 Å². The summed E-state index contributed by atoms with van der Waals surface area (Å²) < 4.78 is 32.5. The molecule has 6 nitrogen and oxygen atoms in total. The first-order chi connectivity index (χ1) is 16.8. The smallest absolute Gasteiger partial charge is 0.311 e. The number of carboxylic acid groups (broad SMARTS) is 1. The fourth-order valence-electron chi connectivity index (χ4n) is 5.36. The molecule has 3 atom stereocenters. The van der Waals surface area contributed by atoms with Gasteiger partial charge < -0.3 is 9.84 Å². The molecule has 0 bridgehead atoms. The first-order valence-electron chi connectivity index (χ1n) is 11.8. The van der Waals surface area contributed by atoms with Crippen LogP contribution in [0.1, 0.15) is 24.0 Å². The molecule has 1 aliphatic carbocycles. The largest absolute Gasteiger partial charge is 0.481 e. The number of rotatable bonds is 8. The molecule has 1 N–H and O–H groups in total. The lowest BCUT2D eigenvalue weighted by Gasteiger charge is -2.26. The summed E-state index contributed by atoms with van der Waals surface area (Å²) in [5.74, 6) is -2.01. The van der Waals surface area contributed by atoms with Crippen molar-refractivity contribution in [1.29, 1.82) is 0 Å². The molecule has 0 spiro atoms. The molecule has 1 aromatic heterocycles. The molecule has 2 aliphatic rings. The second kappa shape index (κ2) is 9.50. The number of carboxylic acids is 1. The predicted octanol–water partition coefficient (Wildman–Crippen LogP) is 4.53. The molecule has 3 aromatic rings. The van der Waals surface area contributed by atoms with Crippen molar-refractivity contribution in [2.24, 2.45) is 11.3 Å². The number of ether oxygens (including phenoxy) is 1. The van der Waals surface area contributed by atoms with Gasteiger partial charge in [-0.15, -0.1) is 11.3 Å². The molecular weight excluding hydrogens is 482 g/mol. The molecule has 0 radical (unpaired) electrons. The Labute approximate surface area is 210 Å². The highest BCUT2D eigenvalue weighted by Gasteiger charge is 2.69. The van der Waals surface area contributed by atoms with Crippen molar-refractivity contribution < 1.29 is 23.1 Å². The van der Waals surface area contributed by atoms with E-state index in [1.807, 2.05) is 55.5 Å². The average molecular weight is 512 g/mol. The van der Waals surface area contributed by atoms with E-state index >= 15 is 0 Å². The summed E-state index contributed by atoms with van der Waals surface area (Å²) in [4.78, 5) is 15.5. The van der Waals surface area contributed by atoms with Crippen LogP contribution in [0, 0.1) is 11.3 Å². The Morgan fingerprint density at radius 3 is 2.54 bits per heavy atom. The average Bonchev–Trinajstić information content (AvgIpc) is 3.20. The summed E-state index contributed by atoms with van der Waals surface area (Å²) in [7, 11) is -3.78. The molecule has 35 heavy (non-hydrogen) atoms. The molecule has 8 heteroatoms. The van der Waals surface area contributed by atoms with Gasteiger partial charge in [0.05, 0.1) is 24.4 Å². The van der Waals surface area contributed by atoms with Crippen molar-refractivity contribution in [2.75, 3.05) is 32.1 Å². The third-order valence-electron chi connectivity index (χ3n) is 7.35. The van der Waals surface area contributed by atoms with E-state index in [1.54, 1.807) is 6.07 Å². The Kier molecular flexibility index (Phi) is 6.57. The van der Waals surface area contributed by atoms with Crippen LogP contribution in [0.3, 0.4) is 0 Å². The van der Waals surface area contributed by atoms with Crippen molar-refractivity contribution in [3.63, 3.8) is 0 Å². The Hall–Kier alpha value is -2.52. The van der Waals surface area contributed by atoms with Gasteiger partial charge in [0.15, 0.2) is 9.84 Å². The van der Waals surface area contributed by atoms with Gasteiger partial charge in [0.2, 0.25) is 0 Å². The first kappa shape index (κ1) is 24.2. The van der Waals surface area contributed by atoms with Crippen molar-refractivity contribution in [2.45, 2.75) is 23.6 Å². The van der Waals surface area contributed by atoms with E-state index in [9.17, 15) is 18.3 Å². The van der Waals surface area contributed by atoms with Crippen molar-refractivity contribution in [3.05, 3.63) is 77.9 Å². The molecule has 2 heterocycles. The minimum atomic E-state index is -3.78. The van der Waals surface area contributed by atoms with Gasteiger partial charge in [0, 0.05) is 30.4 Å². The highest BCUT2D eigenvalue weighted by atomic mass is 32.2. The number of thiophene rings is 1. The summed E-state index contributed by atoms with van der Waals surface area (Å²) in [6, 6.07) is 21.0. The molecule has 1 saturated carbocycles. The molecule has 184 valence electrons. The second-order valence-electron chi connectivity index (χ2n) is 9.49. The van der Waals surface area contributed by atoms with E-state index in [-0.39, 0.29) is 16.0 Å². The predicted molar refractivity (Wildman–Crippen MR) is 136 cm³/mol. The molecule has 0 unspecified atom stereocenters. The Morgan fingerprint density at radius 2 is 1.83 bits per heavy atom. The Morgan fingerprint density at radius 1 is 1.09 bits per heavy atom. The van der Waals surface area contributed by atoms with Crippen LogP contribution >= 0.6 is 11.3 Å². The lowest BCUT2D eigenvalue weighted by molar-refractivity contribution is -0.143. The minimum Gasteiger partial charge on any atom is -0.481 e. The normalized spacial score (nSPS) is 24.8. The Bertz CT molecular complexity index is 1310. The number of benzene rings is 2. The summed E-state index contributed by atoms with van der Waals surface area (Å²) in [6.07, 6.45) is 0. The van der Waals surface area contributed by atoms with Crippen LogP contribution < -0.4 is 0 Å². The van der Waals surface area contributed by atoms with Gasteiger partial charge >= 0.3 is 5.97 Å². The fraction of sp³-hybridized carbons (Fsp3) is 0.370. The van der Waals surface area contributed by atoms with Crippen LogP contribution in [0.25, 0.3) is 10.4 Å². The molecule has 1 saturated heterocycles. The van der Waals surface area contributed by atoms with Crippen LogP contribution in [0.4, 0.5) is 0 Å². The summed E-state index contributed by atoms with van der Waals surface area (Å²) in [5.41, 5.74) is 1.71. The zero-order valence-corrected chi connectivity index (χ0v) is 21.2. The maximum atomic E-state index is 13.4. The minimum absolute atomic E-state index is 0.220. The maximum absolute atomic E-state index is 13.4. The summed E-state index contributed by atoms with van der Waals surface area (Å²) >= 11 is 1.21. The van der Waals surface area contributed by atoms with E-state index < -0.39 is 27.0 Å². The van der Waals surface area contributed by atoms with E-state index in [1.165, 1.54) is 16.9 Å². The topological polar surface area (TPSA) is 83.9 Å². The zero-order valence-electron chi connectivity index (χ0n) is 19.6. The van der Waals surface area contributed by atoms with Crippen LogP contribution in [-0.2, 0) is 25.9 Å². The first-order valence-corrected chi connectivity index (χ1v) is 14.3. The quantitative estimate of drug-likeness (QED) is 0.479. The number of morpholine rings is 1. The van der Waals surface area contributed by atoms with E-state index in [4.69, 9.17) is 4.74 Å². The lowest BCUT2D eigenvalue weighted by atomic mass is 10.0. The number of hydrogen-bond acceptors (Lipinski definition) is 6. The summed E-state index contributed by atoms with van der Waals surface area (Å²) in [5, 5.41) is 10.1. The van der Waals surface area contributed by atoms with E-state index in [0.29, 0.717) is 0 Å². The van der Waals surface area contributed by atoms with Crippen molar-refractivity contribution in [1.82, 2.24) is 4.90 Å². The fourth-order valence-corrected chi connectivity index (χ4v) is 8.66. The SMILES string of the molecule is C[C@H]1[C@H](c2ccccc2)[C@]1(CS(=O)(=O)c1ccc(-c2cccc(CN3CCOCC3)c2)s1)C(=O)O. The van der Waals surface area contributed by atoms with E-state index in [2.05, 4.69) is 17.0 Å². The van der Waals surface area contributed by atoms with Crippen LogP contribution in [-0.4, -0.2) is 56.4 Å². The Balaban J connectivity index is 1.36. The summed E-state index contributed by atoms with van der Waals surface area (Å²) in [6.45, 7) is 5.95. The molecule has 2 fully saturated rings. The number of sulfone groups is 1. The number of nitrogens with zero attached hydrogens (tertiary/aromatic N) is 1. The molecule has 1 aliphatic heterocycles. The third kappa shape index (κ3) is 4.68. The van der Waals surface area contributed by atoms with Crippen molar-refractivity contribution in [3.8, 4) is 10.4 Å². The lowest BCUT2D eigenvalue weighted by Crippen LogP contribution is -2.35. The third-order valence-corrected chi connectivity index (χ3v) is 10.9. The highest BCUT2D eigenvalue weighted by molar-refractivity contribution is 7.93. The van der Waals surface area contributed by atoms with Crippen LogP contribution in [0.15, 0.2) is 70.9 Å². The van der Waals surface area contributed by atoms with Gasteiger partial charge in [-0.3, -0.25) is 9.69 Å². The highest BCUT2D eigenvalue weighted by Crippen LogP contribution is 2.65. The zero-order chi connectivity index (χ0) is 24.6. The van der Waals surface area contributed by atoms with Gasteiger partial charge in [-0.2, -0.15) is 0 Å². The molecule has 0 amide bonds. The number of aliphatic carboxylic acids is 1. The van der Waals surface area contributed by atoms with Gasteiger partial charge in [0.1, 0.15) is 4.21 Å². The number of hydrogen-bond donors (Lipinski definition) is 1. The van der Waals surface area contributed by atoms with Crippen LogP contribution in [0.5, 0.6) is 0 Å².